The fourth-order valence-electron chi connectivity index (χ4n) is 2.54. The fraction of sp³-hybridized carbons (Fsp3) is 0.0588. The lowest BCUT2D eigenvalue weighted by atomic mass is 10.1. The van der Waals surface area contributed by atoms with E-state index in [4.69, 9.17) is 28.3 Å². The summed E-state index contributed by atoms with van der Waals surface area (Å²) in [5, 5.41) is 10.5. The van der Waals surface area contributed by atoms with Crippen molar-refractivity contribution in [3.63, 3.8) is 0 Å². The summed E-state index contributed by atoms with van der Waals surface area (Å²) in [7, 11) is 0. The molecule has 2 aromatic carbocycles. The topological polar surface area (TPSA) is 59.3 Å². The molecule has 0 saturated carbocycles. The van der Waals surface area contributed by atoms with Crippen molar-refractivity contribution in [3.8, 4) is 0 Å². The Balaban J connectivity index is 2.15. The summed E-state index contributed by atoms with van der Waals surface area (Å²) in [5.74, 6) is -1.27. The molecule has 3 aromatic rings. The second-order valence-electron chi connectivity index (χ2n) is 5.08. The van der Waals surface area contributed by atoms with Crippen molar-refractivity contribution in [1.82, 2.24) is 4.57 Å². The monoisotopic (exact) mass is 347 g/mol. The minimum atomic E-state index is -0.953. The first-order valence-electron chi connectivity index (χ1n) is 6.77. The molecule has 0 radical (unpaired) electrons. The first-order chi connectivity index (χ1) is 11.0. The number of rotatable bonds is 3. The van der Waals surface area contributed by atoms with E-state index in [1.165, 1.54) is 16.7 Å². The van der Waals surface area contributed by atoms with Crippen LogP contribution in [0.2, 0.25) is 10.0 Å². The number of aromatic nitrogens is 1. The van der Waals surface area contributed by atoms with Gasteiger partial charge in [-0.3, -0.25) is 14.2 Å². The van der Waals surface area contributed by atoms with Gasteiger partial charge >= 0.3 is 5.97 Å². The Kier molecular flexibility index (Phi) is 4.11. The van der Waals surface area contributed by atoms with Crippen molar-refractivity contribution in [2.45, 2.75) is 6.42 Å². The summed E-state index contributed by atoms with van der Waals surface area (Å²) in [6.45, 7) is 0. The lowest BCUT2D eigenvalue weighted by Crippen LogP contribution is -2.11. The van der Waals surface area contributed by atoms with Gasteiger partial charge in [0.15, 0.2) is 0 Å². The number of aliphatic carboxylic acids is 1. The van der Waals surface area contributed by atoms with E-state index in [0.717, 1.165) is 5.39 Å². The van der Waals surface area contributed by atoms with Crippen molar-refractivity contribution < 1.29 is 14.7 Å². The largest absolute Gasteiger partial charge is 0.481 e. The standard InChI is InChI=1S/C17H11Cl2NO3/c18-12-5-10(6-13(19)8-12)17(23)20-9-11(7-16(21)22)14-3-1-2-4-15(14)20/h1-6,8-9H,7H2,(H,21,22). The summed E-state index contributed by atoms with van der Waals surface area (Å²) in [6.07, 6.45) is 1.40. The molecule has 0 amide bonds. The molecule has 116 valence electrons. The predicted octanol–water partition coefficient (Wildman–Crippen LogP) is 4.26. The van der Waals surface area contributed by atoms with Crippen molar-refractivity contribution in [2.24, 2.45) is 0 Å². The first kappa shape index (κ1) is 15.6. The maximum atomic E-state index is 12.8. The summed E-state index contributed by atoms with van der Waals surface area (Å²) in [4.78, 5) is 23.8. The minimum Gasteiger partial charge on any atom is -0.481 e. The van der Waals surface area contributed by atoms with Gasteiger partial charge in [0.2, 0.25) is 0 Å². The third kappa shape index (κ3) is 3.09. The minimum absolute atomic E-state index is 0.156. The van der Waals surface area contributed by atoms with E-state index in [2.05, 4.69) is 0 Å². The zero-order valence-corrected chi connectivity index (χ0v) is 13.3. The summed E-state index contributed by atoms with van der Waals surface area (Å²) >= 11 is 11.9. The Hall–Kier alpha value is -2.30. The van der Waals surface area contributed by atoms with Crippen LogP contribution in [-0.2, 0) is 11.2 Å². The molecule has 1 heterocycles. The lowest BCUT2D eigenvalue weighted by Gasteiger charge is -2.05. The number of nitrogens with zero attached hydrogens (tertiary/aromatic N) is 1. The van der Waals surface area contributed by atoms with Crippen LogP contribution >= 0.6 is 23.2 Å². The molecular formula is C17H11Cl2NO3. The van der Waals surface area contributed by atoms with Gasteiger partial charge in [0.05, 0.1) is 11.9 Å². The molecular weight excluding hydrogens is 337 g/mol. The number of halogens is 2. The molecule has 0 atom stereocenters. The van der Waals surface area contributed by atoms with E-state index in [9.17, 15) is 9.59 Å². The smallest absolute Gasteiger partial charge is 0.307 e. The van der Waals surface area contributed by atoms with E-state index in [1.54, 1.807) is 36.5 Å². The number of carbonyl (C=O) groups excluding carboxylic acids is 1. The van der Waals surface area contributed by atoms with Crippen LogP contribution < -0.4 is 0 Å². The van der Waals surface area contributed by atoms with Crippen LogP contribution in [0.3, 0.4) is 0 Å². The summed E-state index contributed by atoms with van der Waals surface area (Å²) in [5.41, 5.74) is 1.56. The van der Waals surface area contributed by atoms with Crippen molar-refractivity contribution in [2.75, 3.05) is 0 Å². The molecule has 0 saturated heterocycles. The number of carboxylic acids is 1. The molecule has 3 rings (SSSR count). The fourth-order valence-corrected chi connectivity index (χ4v) is 3.06. The molecule has 6 heteroatoms. The van der Waals surface area contributed by atoms with Crippen LogP contribution in [0.1, 0.15) is 15.9 Å². The Morgan fingerprint density at radius 1 is 1.04 bits per heavy atom. The molecule has 0 unspecified atom stereocenters. The molecule has 0 aliphatic rings. The van der Waals surface area contributed by atoms with Crippen molar-refractivity contribution in [1.29, 1.82) is 0 Å². The average Bonchev–Trinajstić information content (AvgIpc) is 2.84. The van der Waals surface area contributed by atoms with Crippen molar-refractivity contribution >= 4 is 46.0 Å². The molecule has 0 spiro atoms. The highest BCUT2D eigenvalue weighted by Crippen LogP contribution is 2.25. The third-order valence-electron chi connectivity index (χ3n) is 3.46. The average molecular weight is 348 g/mol. The van der Waals surface area contributed by atoms with Gasteiger partial charge in [-0.05, 0) is 29.8 Å². The molecule has 0 fully saturated rings. The quantitative estimate of drug-likeness (QED) is 0.769. The molecule has 23 heavy (non-hydrogen) atoms. The highest BCUT2D eigenvalue weighted by atomic mass is 35.5. The molecule has 0 bridgehead atoms. The van der Waals surface area contributed by atoms with Gasteiger partial charge in [0.1, 0.15) is 0 Å². The molecule has 4 nitrogen and oxygen atoms in total. The maximum Gasteiger partial charge on any atom is 0.307 e. The predicted molar refractivity (Wildman–Crippen MR) is 89.5 cm³/mol. The van der Waals surface area contributed by atoms with Gasteiger partial charge in [-0.1, -0.05) is 41.4 Å². The van der Waals surface area contributed by atoms with E-state index in [-0.39, 0.29) is 12.3 Å². The maximum absolute atomic E-state index is 12.8. The first-order valence-corrected chi connectivity index (χ1v) is 7.53. The van der Waals surface area contributed by atoms with E-state index < -0.39 is 5.97 Å². The van der Waals surface area contributed by atoms with E-state index >= 15 is 0 Å². The Labute approximate surface area is 141 Å². The van der Waals surface area contributed by atoms with Crippen LogP contribution in [0, 0.1) is 0 Å². The molecule has 1 aromatic heterocycles. The number of carbonyl (C=O) groups is 2. The van der Waals surface area contributed by atoms with Crippen LogP contribution in [0.5, 0.6) is 0 Å². The molecule has 0 aliphatic heterocycles. The lowest BCUT2D eigenvalue weighted by molar-refractivity contribution is -0.136. The van der Waals surface area contributed by atoms with Gasteiger partial charge in [-0.15, -0.1) is 0 Å². The van der Waals surface area contributed by atoms with Gasteiger partial charge < -0.3 is 5.11 Å². The Bertz CT molecular complexity index is 910. The third-order valence-corrected chi connectivity index (χ3v) is 3.90. The van der Waals surface area contributed by atoms with Gasteiger partial charge in [0, 0.05) is 27.2 Å². The summed E-state index contributed by atoms with van der Waals surface area (Å²) in [6, 6.07) is 11.8. The van der Waals surface area contributed by atoms with E-state index in [0.29, 0.717) is 26.7 Å². The number of carboxylic acid groups (broad SMARTS) is 1. The number of para-hydroxylation sites is 1. The zero-order chi connectivity index (χ0) is 16.6. The highest BCUT2D eigenvalue weighted by molar-refractivity contribution is 6.35. The van der Waals surface area contributed by atoms with Gasteiger partial charge in [0.25, 0.3) is 5.91 Å². The van der Waals surface area contributed by atoms with Crippen molar-refractivity contribution in [3.05, 3.63) is 69.8 Å². The van der Waals surface area contributed by atoms with E-state index in [1.807, 2.05) is 0 Å². The SMILES string of the molecule is O=C(O)Cc1cn(C(=O)c2cc(Cl)cc(Cl)c2)c2ccccc12. The summed E-state index contributed by atoms with van der Waals surface area (Å²) < 4.78 is 1.43. The van der Waals surface area contributed by atoms with Gasteiger partial charge in [-0.2, -0.15) is 0 Å². The molecule has 1 N–H and O–H groups in total. The van der Waals surface area contributed by atoms with Gasteiger partial charge in [-0.25, -0.2) is 0 Å². The number of fused-ring (bicyclic) bond motifs is 1. The number of benzene rings is 2. The number of hydrogen-bond donors (Lipinski definition) is 1. The second kappa shape index (κ2) is 6.07. The van der Waals surface area contributed by atoms with Crippen LogP contribution in [0.25, 0.3) is 10.9 Å². The second-order valence-corrected chi connectivity index (χ2v) is 5.95. The van der Waals surface area contributed by atoms with Crippen LogP contribution in [0.15, 0.2) is 48.7 Å². The Morgan fingerprint density at radius 3 is 2.35 bits per heavy atom. The van der Waals surface area contributed by atoms with Crippen LogP contribution in [-0.4, -0.2) is 21.6 Å². The van der Waals surface area contributed by atoms with Crippen LogP contribution in [0.4, 0.5) is 0 Å². The Morgan fingerprint density at radius 2 is 1.70 bits per heavy atom. The number of hydrogen-bond acceptors (Lipinski definition) is 2. The molecule has 0 aliphatic carbocycles. The normalized spacial score (nSPS) is 10.9. The zero-order valence-electron chi connectivity index (χ0n) is 11.8. The highest BCUT2D eigenvalue weighted by Gasteiger charge is 2.17.